The zero-order valence-corrected chi connectivity index (χ0v) is 15.2. The molecule has 1 N–H and O–H groups in total. The summed E-state index contributed by atoms with van der Waals surface area (Å²) in [5, 5.41) is 3.55. The molecule has 4 atom stereocenters. The van der Waals surface area contributed by atoms with Crippen molar-refractivity contribution in [1.29, 1.82) is 0 Å². The highest BCUT2D eigenvalue weighted by Crippen LogP contribution is 2.39. The topological polar surface area (TPSA) is 64.9 Å². The van der Waals surface area contributed by atoms with Crippen LogP contribution in [-0.2, 0) is 4.74 Å². The second-order valence-corrected chi connectivity index (χ2v) is 7.41. The first-order chi connectivity index (χ1) is 12.1. The third-order valence-corrected chi connectivity index (χ3v) is 5.61. The molecule has 2 aliphatic rings. The first-order valence-corrected chi connectivity index (χ1v) is 9.42. The molecule has 1 saturated heterocycles. The van der Waals surface area contributed by atoms with Gasteiger partial charge in [0.05, 0.1) is 12.4 Å². The number of alkyl halides is 1. The minimum Gasteiger partial charge on any atom is -0.365 e. The van der Waals surface area contributed by atoms with Crippen molar-refractivity contribution >= 4 is 28.6 Å². The Balaban J connectivity index is 1.70. The number of fused-ring (bicyclic) bond motifs is 1. The number of hydrogen-bond acceptors (Lipinski definition) is 5. The fourth-order valence-electron chi connectivity index (χ4n) is 3.97. The number of nitrogens with zero attached hydrogens (tertiary/aromatic N) is 4. The molecule has 2 fully saturated rings. The summed E-state index contributed by atoms with van der Waals surface area (Å²) in [6.45, 7) is 3.89. The van der Waals surface area contributed by atoms with Crippen LogP contribution in [0, 0.1) is 5.92 Å². The van der Waals surface area contributed by atoms with Crippen molar-refractivity contribution in [3.63, 3.8) is 0 Å². The lowest BCUT2D eigenvalue weighted by atomic mass is 10.00. The summed E-state index contributed by atoms with van der Waals surface area (Å²) >= 11 is 6.13. The Bertz CT molecular complexity index is 763. The van der Waals surface area contributed by atoms with Crippen molar-refractivity contribution in [2.45, 2.75) is 70.5 Å². The van der Waals surface area contributed by atoms with E-state index >= 15 is 0 Å². The van der Waals surface area contributed by atoms with Gasteiger partial charge in [0.25, 0.3) is 0 Å². The van der Waals surface area contributed by atoms with Crippen LogP contribution in [0.5, 0.6) is 0 Å². The lowest BCUT2D eigenvalue weighted by molar-refractivity contribution is -0.0186. The van der Waals surface area contributed by atoms with Crippen molar-refractivity contribution in [1.82, 2.24) is 19.5 Å². The summed E-state index contributed by atoms with van der Waals surface area (Å²) in [7, 11) is 0. The van der Waals surface area contributed by atoms with Crippen molar-refractivity contribution in [3.8, 4) is 0 Å². The Labute approximate surface area is 151 Å². The Hall–Kier alpha value is -1.47. The molecular weight excluding hydrogens is 345 g/mol. The van der Waals surface area contributed by atoms with Gasteiger partial charge in [-0.1, -0.05) is 26.7 Å². The van der Waals surface area contributed by atoms with Crippen LogP contribution in [0.1, 0.15) is 52.2 Å². The molecule has 2 aromatic rings. The molecule has 4 rings (SSSR count). The van der Waals surface area contributed by atoms with Gasteiger partial charge in [0.15, 0.2) is 29.4 Å². The van der Waals surface area contributed by atoms with Gasteiger partial charge in [0, 0.05) is 12.0 Å². The number of anilines is 1. The fourth-order valence-corrected chi connectivity index (χ4v) is 4.13. The van der Waals surface area contributed by atoms with Gasteiger partial charge in [0.2, 0.25) is 5.28 Å². The van der Waals surface area contributed by atoms with E-state index in [9.17, 15) is 4.39 Å². The summed E-state index contributed by atoms with van der Waals surface area (Å²) in [5.74, 6) is 0.454. The van der Waals surface area contributed by atoms with E-state index in [4.69, 9.17) is 16.3 Å². The lowest BCUT2D eigenvalue weighted by Crippen LogP contribution is -2.20. The minimum atomic E-state index is -1.11. The Morgan fingerprint density at radius 2 is 2.12 bits per heavy atom. The van der Waals surface area contributed by atoms with Crippen LogP contribution in [0.15, 0.2) is 6.33 Å². The Kier molecular flexibility index (Phi) is 4.54. The number of ether oxygens (including phenoxy) is 1. The summed E-state index contributed by atoms with van der Waals surface area (Å²) in [6, 6.07) is 0.375. The van der Waals surface area contributed by atoms with Crippen molar-refractivity contribution in [2.75, 3.05) is 5.32 Å². The number of aromatic nitrogens is 4. The third kappa shape index (κ3) is 2.97. The SMILES string of the molecule is CC[C@H]1O[C@@H](n2cnc3c(NC4CCCC4)nc(Cl)nc32)[C@@H](F)[C@@H]1C. The number of imidazole rings is 1. The molecular formula is C17H23ClFN5O. The molecule has 8 heteroatoms. The Morgan fingerprint density at radius 1 is 1.36 bits per heavy atom. The standard InChI is InChI=1S/C17H23ClFN5O/c1-3-11-9(2)12(19)16(25-11)24-8-20-13-14(21-10-6-4-5-7-10)22-17(18)23-15(13)24/h8-12,16H,3-7H2,1-2H3,(H,21,22,23)/t9-,11-,12+,16-/m1/s1. The Morgan fingerprint density at radius 3 is 2.80 bits per heavy atom. The lowest BCUT2D eigenvalue weighted by Gasteiger charge is -2.16. The summed E-state index contributed by atoms with van der Waals surface area (Å²) < 4.78 is 22.4. The van der Waals surface area contributed by atoms with E-state index in [1.165, 1.54) is 12.8 Å². The monoisotopic (exact) mass is 367 g/mol. The molecule has 2 aromatic heterocycles. The zero-order chi connectivity index (χ0) is 17.6. The third-order valence-electron chi connectivity index (χ3n) is 5.44. The van der Waals surface area contributed by atoms with E-state index in [1.807, 2.05) is 13.8 Å². The van der Waals surface area contributed by atoms with Crippen molar-refractivity contribution < 1.29 is 9.13 Å². The van der Waals surface area contributed by atoms with E-state index in [1.54, 1.807) is 10.9 Å². The van der Waals surface area contributed by atoms with Crippen LogP contribution in [0.3, 0.4) is 0 Å². The maximum Gasteiger partial charge on any atom is 0.226 e. The van der Waals surface area contributed by atoms with Crippen LogP contribution in [0.25, 0.3) is 11.2 Å². The average molecular weight is 368 g/mol. The van der Waals surface area contributed by atoms with Gasteiger partial charge in [0.1, 0.15) is 0 Å². The highest BCUT2D eigenvalue weighted by molar-refractivity contribution is 6.28. The highest BCUT2D eigenvalue weighted by Gasteiger charge is 2.43. The second-order valence-electron chi connectivity index (χ2n) is 7.07. The molecule has 25 heavy (non-hydrogen) atoms. The second kappa shape index (κ2) is 6.68. The van der Waals surface area contributed by atoms with E-state index in [-0.39, 0.29) is 17.3 Å². The molecule has 0 bridgehead atoms. The number of halogens is 2. The van der Waals surface area contributed by atoms with E-state index in [0.29, 0.717) is 23.0 Å². The fraction of sp³-hybridized carbons (Fsp3) is 0.706. The van der Waals surface area contributed by atoms with Crippen LogP contribution in [0.4, 0.5) is 10.2 Å². The van der Waals surface area contributed by atoms with Crippen LogP contribution in [-0.4, -0.2) is 37.8 Å². The highest BCUT2D eigenvalue weighted by atomic mass is 35.5. The minimum absolute atomic E-state index is 0.106. The molecule has 0 radical (unpaired) electrons. The van der Waals surface area contributed by atoms with Crippen LogP contribution >= 0.6 is 11.6 Å². The first-order valence-electron chi connectivity index (χ1n) is 9.04. The molecule has 136 valence electrons. The molecule has 3 heterocycles. The normalized spacial score (nSPS) is 30.4. The molecule has 0 unspecified atom stereocenters. The number of nitrogens with one attached hydrogen (secondary N) is 1. The molecule has 0 aromatic carbocycles. The largest absolute Gasteiger partial charge is 0.365 e. The average Bonchev–Trinajstić information content (AvgIpc) is 3.29. The van der Waals surface area contributed by atoms with Gasteiger partial charge in [-0.15, -0.1) is 0 Å². The molecule has 0 amide bonds. The molecule has 1 aliphatic heterocycles. The zero-order valence-electron chi connectivity index (χ0n) is 14.5. The van der Waals surface area contributed by atoms with Gasteiger partial charge in [-0.3, -0.25) is 4.57 Å². The van der Waals surface area contributed by atoms with E-state index in [0.717, 1.165) is 19.3 Å². The predicted octanol–water partition coefficient (Wildman–Crippen LogP) is 4.12. The van der Waals surface area contributed by atoms with Crippen LogP contribution in [0.2, 0.25) is 5.28 Å². The summed E-state index contributed by atoms with van der Waals surface area (Å²) in [4.78, 5) is 13.0. The maximum absolute atomic E-state index is 14.8. The number of hydrogen-bond donors (Lipinski definition) is 1. The van der Waals surface area contributed by atoms with Gasteiger partial charge < -0.3 is 10.1 Å². The van der Waals surface area contributed by atoms with Crippen molar-refractivity contribution in [3.05, 3.63) is 11.6 Å². The molecule has 0 spiro atoms. The molecule has 1 aliphatic carbocycles. The smallest absolute Gasteiger partial charge is 0.226 e. The van der Waals surface area contributed by atoms with Gasteiger partial charge >= 0.3 is 0 Å². The predicted molar refractivity (Wildman–Crippen MR) is 94.5 cm³/mol. The summed E-state index contributed by atoms with van der Waals surface area (Å²) in [6.07, 6.45) is 5.05. The molecule has 6 nitrogen and oxygen atoms in total. The van der Waals surface area contributed by atoms with Crippen LogP contribution < -0.4 is 5.32 Å². The van der Waals surface area contributed by atoms with E-state index < -0.39 is 12.4 Å². The number of rotatable bonds is 4. The van der Waals surface area contributed by atoms with Gasteiger partial charge in [-0.2, -0.15) is 9.97 Å². The van der Waals surface area contributed by atoms with Crippen molar-refractivity contribution in [2.24, 2.45) is 5.92 Å². The first kappa shape index (κ1) is 17.0. The summed E-state index contributed by atoms with van der Waals surface area (Å²) in [5.41, 5.74) is 1.12. The molecule has 1 saturated carbocycles. The van der Waals surface area contributed by atoms with E-state index in [2.05, 4.69) is 20.3 Å². The van der Waals surface area contributed by atoms with Gasteiger partial charge in [-0.05, 0) is 30.9 Å². The van der Waals surface area contributed by atoms with Gasteiger partial charge in [-0.25, -0.2) is 9.37 Å². The maximum atomic E-state index is 14.8. The quantitative estimate of drug-likeness (QED) is 0.823.